The number of halogens is 2. The van der Waals surface area contributed by atoms with E-state index in [9.17, 15) is 4.79 Å². The lowest BCUT2D eigenvalue weighted by Crippen LogP contribution is -3.08. The van der Waals surface area contributed by atoms with Gasteiger partial charge in [-0.25, -0.2) is 0 Å². The molecule has 1 unspecified atom stereocenters. The Labute approximate surface area is 144 Å². The molecule has 1 amide bonds. The Morgan fingerprint density at radius 3 is 2.55 bits per heavy atom. The number of carbonyl (C=O) groups excluding carboxylic acids is 1. The van der Waals surface area contributed by atoms with E-state index >= 15 is 0 Å². The zero-order valence-electron chi connectivity index (χ0n) is 12.4. The Balaban J connectivity index is 1.79. The van der Waals surface area contributed by atoms with Crippen LogP contribution in [0.15, 0.2) is 53.0 Å². The van der Waals surface area contributed by atoms with Gasteiger partial charge in [0.25, 0.3) is 5.91 Å². The zero-order valence-corrected chi connectivity index (χ0v) is 14.7. The van der Waals surface area contributed by atoms with Gasteiger partial charge in [0.1, 0.15) is 6.54 Å². The topological polar surface area (TPSA) is 33.5 Å². The van der Waals surface area contributed by atoms with Crippen LogP contribution in [-0.4, -0.2) is 19.5 Å². The number of amides is 1. The Morgan fingerprint density at radius 2 is 1.86 bits per heavy atom. The lowest BCUT2D eigenvalue weighted by molar-refractivity contribution is -0.885. The summed E-state index contributed by atoms with van der Waals surface area (Å²) < 4.78 is 1.06. The molecule has 116 valence electrons. The highest BCUT2D eigenvalue weighted by Gasteiger charge is 2.11. The number of hydrogen-bond donors (Lipinski definition) is 2. The predicted molar refractivity (Wildman–Crippen MR) is 92.9 cm³/mol. The van der Waals surface area contributed by atoms with Gasteiger partial charge in [-0.05, 0) is 23.8 Å². The molecule has 0 saturated heterocycles. The molecule has 0 fully saturated rings. The van der Waals surface area contributed by atoms with E-state index in [0.717, 1.165) is 21.5 Å². The van der Waals surface area contributed by atoms with Crippen LogP contribution in [0.25, 0.3) is 0 Å². The zero-order chi connectivity index (χ0) is 15.9. The molecule has 5 heteroatoms. The van der Waals surface area contributed by atoms with Crippen LogP contribution in [-0.2, 0) is 17.9 Å². The van der Waals surface area contributed by atoms with Crippen molar-refractivity contribution in [2.45, 2.75) is 13.1 Å². The van der Waals surface area contributed by atoms with Crippen LogP contribution in [0.3, 0.4) is 0 Å². The first-order chi connectivity index (χ1) is 10.5. The SMILES string of the molecule is C[NH+](CC(=O)NCc1ccccc1Cl)Cc1ccc(Br)cc1. The van der Waals surface area contributed by atoms with E-state index in [-0.39, 0.29) is 5.91 Å². The molecule has 0 aliphatic rings. The van der Waals surface area contributed by atoms with Crippen LogP contribution in [0.5, 0.6) is 0 Å². The minimum Gasteiger partial charge on any atom is -0.347 e. The lowest BCUT2D eigenvalue weighted by atomic mass is 10.2. The second-order valence-electron chi connectivity index (χ2n) is 5.31. The fraction of sp³-hybridized carbons (Fsp3) is 0.235. The van der Waals surface area contributed by atoms with E-state index in [0.29, 0.717) is 18.1 Å². The molecule has 3 nitrogen and oxygen atoms in total. The molecule has 22 heavy (non-hydrogen) atoms. The minimum atomic E-state index is 0.0227. The van der Waals surface area contributed by atoms with Crippen LogP contribution in [0.1, 0.15) is 11.1 Å². The van der Waals surface area contributed by atoms with E-state index in [2.05, 4.69) is 33.4 Å². The third-order valence-corrected chi connectivity index (χ3v) is 4.21. The highest BCUT2D eigenvalue weighted by atomic mass is 79.9. The molecule has 0 saturated carbocycles. The number of carbonyl (C=O) groups is 1. The van der Waals surface area contributed by atoms with Gasteiger partial charge in [0.15, 0.2) is 6.54 Å². The summed E-state index contributed by atoms with van der Waals surface area (Å²) in [6.07, 6.45) is 0. The fourth-order valence-corrected chi connectivity index (χ4v) is 2.65. The van der Waals surface area contributed by atoms with Crippen molar-refractivity contribution < 1.29 is 9.69 Å². The van der Waals surface area contributed by atoms with Crippen LogP contribution >= 0.6 is 27.5 Å². The number of rotatable bonds is 6. The maximum atomic E-state index is 12.0. The van der Waals surface area contributed by atoms with Crippen molar-refractivity contribution in [2.24, 2.45) is 0 Å². The molecular weight excluding hydrogens is 364 g/mol. The molecule has 0 aromatic heterocycles. The van der Waals surface area contributed by atoms with Crippen LogP contribution in [0.2, 0.25) is 5.02 Å². The van der Waals surface area contributed by atoms with Gasteiger partial charge in [-0.1, -0.05) is 57.9 Å². The first kappa shape index (κ1) is 17.0. The number of benzene rings is 2. The molecule has 1 atom stereocenters. The van der Waals surface area contributed by atoms with Crippen molar-refractivity contribution in [2.75, 3.05) is 13.6 Å². The van der Waals surface area contributed by atoms with Crippen molar-refractivity contribution in [3.05, 3.63) is 69.2 Å². The lowest BCUT2D eigenvalue weighted by Gasteiger charge is -2.14. The van der Waals surface area contributed by atoms with Crippen molar-refractivity contribution >= 4 is 33.4 Å². The van der Waals surface area contributed by atoms with E-state index in [4.69, 9.17) is 11.6 Å². The van der Waals surface area contributed by atoms with Gasteiger partial charge in [0, 0.05) is 21.6 Å². The molecule has 0 aliphatic carbocycles. The quantitative estimate of drug-likeness (QED) is 0.790. The molecule has 2 rings (SSSR count). The highest BCUT2D eigenvalue weighted by molar-refractivity contribution is 9.10. The van der Waals surface area contributed by atoms with Gasteiger partial charge in [0.05, 0.1) is 7.05 Å². The molecular formula is C17H19BrClN2O+. The fourth-order valence-electron chi connectivity index (χ4n) is 2.19. The predicted octanol–water partition coefficient (Wildman–Crippen LogP) is 2.43. The van der Waals surface area contributed by atoms with Crippen molar-refractivity contribution in [1.29, 1.82) is 0 Å². The summed E-state index contributed by atoms with van der Waals surface area (Å²) >= 11 is 9.49. The molecule has 0 radical (unpaired) electrons. The van der Waals surface area contributed by atoms with Gasteiger partial charge in [-0.15, -0.1) is 0 Å². The molecule has 2 aromatic rings. The summed E-state index contributed by atoms with van der Waals surface area (Å²) in [4.78, 5) is 13.1. The minimum absolute atomic E-state index is 0.0227. The molecule has 0 bridgehead atoms. The van der Waals surface area contributed by atoms with Gasteiger partial charge < -0.3 is 10.2 Å². The Bertz CT molecular complexity index is 631. The number of quaternary nitrogens is 1. The summed E-state index contributed by atoms with van der Waals surface area (Å²) in [7, 11) is 2.01. The number of hydrogen-bond acceptors (Lipinski definition) is 1. The van der Waals surface area contributed by atoms with Crippen LogP contribution in [0.4, 0.5) is 0 Å². The van der Waals surface area contributed by atoms with Gasteiger partial charge >= 0.3 is 0 Å². The maximum Gasteiger partial charge on any atom is 0.275 e. The van der Waals surface area contributed by atoms with Gasteiger partial charge in [0.2, 0.25) is 0 Å². The van der Waals surface area contributed by atoms with E-state index in [1.807, 2.05) is 43.4 Å². The summed E-state index contributed by atoms with van der Waals surface area (Å²) in [6.45, 7) is 1.71. The van der Waals surface area contributed by atoms with E-state index in [1.54, 1.807) is 0 Å². The molecule has 0 spiro atoms. The summed E-state index contributed by atoms with van der Waals surface area (Å²) in [5, 5.41) is 3.59. The monoisotopic (exact) mass is 381 g/mol. The average molecular weight is 383 g/mol. The van der Waals surface area contributed by atoms with Crippen LogP contribution < -0.4 is 10.2 Å². The third kappa shape index (κ3) is 5.44. The second-order valence-corrected chi connectivity index (χ2v) is 6.63. The second kappa shape index (κ2) is 8.32. The van der Waals surface area contributed by atoms with Crippen LogP contribution in [0, 0.1) is 0 Å². The Morgan fingerprint density at radius 1 is 1.18 bits per heavy atom. The maximum absolute atomic E-state index is 12.0. The average Bonchev–Trinajstić information content (AvgIpc) is 2.49. The standard InChI is InChI=1S/C17H18BrClN2O/c1-21(11-13-6-8-15(18)9-7-13)12-17(22)20-10-14-4-2-3-5-16(14)19/h2-9H,10-12H2,1H3,(H,20,22)/p+1. The molecule has 0 heterocycles. The van der Waals surface area contributed by atoms with E-state index < -0.39 is 0 Å². The normalized spacial score (nSPS) is 12.0. The highest BCUT2D eigenvalue weighted by Crippen LogP contribution is 2.14. The van der Waals surface area contributed by atoms with Gasteiger partial charge in [-0.2, -0.15) is 0 Å². The largest absolute Gasteiger partial charge is 0.347 e. The number of likely N-dealkylation sites (N-methyl/N-ethyl adjacent to an activating group) is 1. The first-order valence-corrected chi connectivity index (χ1v) is 8.27. The van der Waals surface area contributed by atoms with Gasteiger partial charge in [-0.3, -0.25) is 4.79 Å². The molecule has 0 aliphatic heterocycles. The van der Waals surface area contributed by atoms with Crippen molar-refractivity contribution in [3.8, 4) is 0 Å². The summed E-state index contributed by atoms with van der Waals surface area (Å²) in [5.74, 6) is 0.0227. The molecule has 2 aromatic carbocycles. The Hall–Kier alpha value is -1.36. The van der Waals surface area contributed by atoms with Crippen molar-refractivity contribution in [1.82, 2.24) is 5.32 Å². The third-order valence-electron chi connectivity index (χ3n) is 3.32. The summed E-state index contributed by atoms with van der Waals surface area (Å²) in [5.41, 5.74) is 2.14. The first-order valence-electron chi connectivity index (χ1n) is 7.10. The molecule has 2 N–H and O–H groups in total. The van der Waals surface area contributed by atoms with Crippen molar-refractivity contribution in [3.63, 3.8) is 0 Å². The number of nitrogens with one attached hydrogen (secondary N) is 2. The smallest absolute Gasteiger partial charge is 0.275 e. The summed E-state index contributed by atoms with van der Waals surface area (Å²) in [6, 6.07) is 15.7. The van der Waals surface area contributed by atoms with E-state index in [1.165, 1.54) is 5.56 Å². The Kier molecular flexibility index (Phi) is 6.43.